The first-order valence-electron chi connectivity index (χ1n) is 14.7. The number of nitrogens with zero attached hydrogens (tertiary/aromatic N) is 3. The normalized spacial score (nSPS) is 21.7. The first-order valence-corrected chi connectivity index (χ1v) is 16.7. The first-order chi connectivity index (χ1) is 19.7. The molecular formula is C26H51N8O7P. The highest BCUT2D eigenvalue weighted by molar-refractivity contribution is 7.66. The predicted molar refractivity (Wildman–Crippen MR) is 161 cm³/mol. The van der Waals surface area contributed by atoms with Gasteiger partial charge in [-0.25, -0.2) is 4.79 Å². The molecule has 0 bridgehead atoms. The first kappa shape index (κ1) is 37.3. The van der Waals surface area contributed by atoms with Gasteiger partial charge < -0.3 is 53.2 Å². The van der Waals surface area contributed by atoms with E-state index in [9.17, 15) is 28.8 Å². The molecule has 12 N–H and O–H groups in total. The highest BCUT2D eigenvalue weighted by Gasteiger charge is 2.61. The summed E-state index contributed by atoms with van der Waals surface area (Å²) in [4.78, 5) is 55.6. The lowest BCUT2D eigenvalue weighted by molar-refractivity contribution is -0.154. The van der Waals surface area contributed by atoms with Crippen LogP contribution in [0.2, 0.25) is 0 Å². The fourth-order valence-corrected chi connectivity index (χ4v) is 8.66. The monoisotopic (exact) mass is 618 g/mol. The van der Waals surface area contributed by atoms with Gasteiger partial charge in [0.25, 0.3) is 0 Å². The van der Waals surface area contributed by atoms with E-state index < -0.39 is 48.4 Å². The number of aliphatic imine (C=N–C) groups is 1. The van der Waals surface area contributed by atoms with E-state index in [-0.39, 0.29) is 37.2 Å². The molecule has 0 spiro atoms. The van der Waals surface area contributed by atoms with Crippen LogP contribution in [0.15, 0.2) is 4.99 Å². The van der Waals surface area contributed by atoms with Crippen LogP contribution in [-0.2, 0) is 23.7 Å². The summed E-state index contributed by atoms with van der Waals surface area (Å²) in [6.45, 7) is 5.07. The zero-order chi connectivity index (χ0) is 32.1. The van der Waals surface area contributed by atoms with Gasteiger partial charge in [-0.3, -0.25) is 19.4 Å². The Morgan fingerprint density at radius 1 is 0.976 bits per heavy atom. The molecule has 16 heteroatoms. The number of unbranched alkanes of at least 4 members (excludes halogenated alkanes) is 1. The number of amides is 2. The fraction of sp³-hybridized carbons (Fsp3) is 0.808. The summed E-state index contributed by atoms with van der Waals surface area (Å²) in [5, 5.41) is 16.8. The lowest BCUT2D eigenvalue weighted by atomic mass is 10.1. The lowest BCUT2D eigenvalue weighted by Crippen LogP contribution is -2.59. The molecule has 2 aliphatic rings. The quantitative estimate of drug-likeness (QED) is 0.0539. The third kappa shape index (κ3) is 9.13. The SMILES string of the molecule is CCP(=O)(CC)[C@@]1(C(=O)O)CCCN1C(=O)[C@@H]1CCCN1C(=O)[C@@H](N)CCCCN.NC(N)=NCCC[C@H](N)C(=O)O. The minimum absolute atomic E-state index is 0.0129. The van der Waals surface area contributed by atoms with Gasteiger partial charge in [0.2, 0.25) is 11.8 Å². The minimum atomic E-state index is -3.18. The molecule has 2 rings (SSSR count). The second-order valence-corrected chi connectivity index (χ2v) is 14.5. The summed E-state index contributed by atoms with van der Waals surface area (Å²) >= 11 is 0. The van der Waals surface area contributed by atoms with Crippen LogP contribution in [0.1, 0.15) is 71.6 Å². The van der Waals surface area contributed by atoms with E-state index in [4.69, 9.17) is 33.8 Å². The topological polar surface area (TPSA) is 275 Å². The van der Waals surface area contributed by atoms with E-state index in [1.165, 1.54) is 9.80 Å². The molecule has 2 fully saturated rings. The molecule has 2 heterocycles. The van der Waals surface area contributed by atoms with Crippen LogP contribution in [0.4, 0.5) is 0 Å². The number of aliphatic carboxylic acids is 2. The zero-order valence-corrected chi connectivity index (χ0v) is 25.8. The number of carboxylic acid groups (broad SMARTS) is 2. The number of carbonyl (C=O) groups excluding carboxylic acids is 2. The molecule has 0 radical (unpaired) electrons. The van der Waals surface area contributed by atoms with Crippen LogP contribution in [0.5, 0.6) is 0 Å². The Labute approximate surface area is 247 Å². The average molecular weight is 619 g/mol. The second-order valence-electron chi connectivity index (χ2n) is 10.7. The molecule has 0 saturated carbocycles. The van der Waals surface area contributed by atoms with E-state index in [1.54, 1.807) is 13.8 Å². The Morgan fingerprint density at radius 3 is 2.12 bits per heavy atom. The molecular weight excluding hydrogens is 567 g/mol. The number of likely N-dealkylation sites (tertiary alicyclic amines) is 2. The van der Waals surface area contributed by atoms with Gasteiger partial charge in [-0.05, 0) is 57.9 Å². The molecule has 4 atom stereocenters. The van der Waals surface area contributed by atoms with Crippen molar-refractivity contribution in [3.8, 4) is 0 Å². The van der Waals surface area contributed by atoms with Crippen molar-refractivity contribution in [1.82, 2.24) is 9.80 Å². The van der Waals surface area contributed by atoms with Crippen molar-refractivity contribution in [1.29, 1.82) is 0 Å². The second kappa shape index (κ2) is 17.4. The van der Waals surface area contributed by atoms with E-state index >= 15 is 0 Å². The third-order valence-corrected chi connectivity index (χ3v) is 12.1. The molecule has 15 nitrogen and oxygen atoms in total. The van der Waals surface area contributed by atoms with Crippen molar-refractivity contribution in [3.05, 3.63) is 0 Å². The number of hydrogen-bond acceptors (Lipinski definition) is 9. The van der Waals surface area contributed by atoms with Crippen molar-refractivity contribution in [2.24, 2.45) is 33.7 Å². The number of rotatable bonds is 15. The number of hydrogen-bond donors (Lipinski definition) is 7. The molecule has 2 saturated heterocycles. The molecule has 0 aromatic rings. The lowest BCUT2D eigenvalue weighted by Gasteiger charge is -2.42. The van der Waals surface area contributed by atoms with Gasteiger partial charge >= 0.3 is 11.9 Å². The van der Waals surface area contributed by atoms with Crippen molar-refractivity contribution >= 4 is 36.9 Å². The van der Waals surface area contributed by atoms with E-state index in [0.717, 1.165) is 12.8 Å². The van der Waals surface area contributed by atoms with Gasteiger partial charge in [0.1, 0.15) is 19.2 Å². The van der Waals surface area contributed by atoms with Crippen LogP contribution in [-0.4, -0.2) is 112 Å². The highest BCUT2D eigenvalue weighted by atomic mass is 31.2. The maximum Gasteiger partial charge on any atom is 0.337 e. The van der Waals surface area contributed by atoms with Crippen molar-refractivity contribution in [2.75, 3.05) is 38.5 Å². The Hall–Kier alpha value is -2.74. The van der Waals surface area contributed by atoms with Crippen LogP contribution < -0.4 is 28.7 Å². The van der Waals surface area contributed by atoms with Gasteiger partial charge in [0.15, 0.2) is 11.2 Å². The standard InChI is InChI=1S/C20H37N4O5P.C6H14N4O2/c1-3-30(29,4-2)20(19(27)28)11-8-14-24(20)18(26)16-10-7-13-23(16)17(25)15(22)9-5-6-12-21;7-4(5(11)12)2-1-3-10-6(8)9/h15-16H,3-14,21-22H2,1-2H3,(H,27,28);4H,1-3,7H2,(H,11,12)(H4,8,9,10)/t15-,16-,20+;4-/m00/s1. The fourth-order valence-electron chi connectivity index (χ4n) is 5.62. The Morgan fingerprint density at radius 2 is 1.60 bits per heavy atom. The van der Waals surface area contributed by atoms with Gasteiger partial charge in [-0.2, -0.15) is 0 Å². The molecule has 2 amide bonds. The maximum absolute atomic E-state index is 13.6. The molecule has 0 aromatic heterocycles. The average Bonchev–Trinajstić information content (AvgIpc) is 3.63. The summed E-state index contributed by atoms with van der Waals surface area (Å²) in [6.07, 6.45) is 5.21. The van der Waals surface area contributed by atoms with Crippen LogP contribution in [0.3, 0.4) is 0 Å². The summed E-state index contributed by atoms with van der Waals surface area (Å²) in [7, 11) is -3.18. The van der Waals surface area contributed by atoms with Gasteiger partial charge in [-0.1, -0.05) is 20.3 Å². The van der Waals surface area contributed by atoms with Crippen LogP contribution >= 0.6 is 7.14 Å². The molecule has 0 unspecified atom stereocenters. The van der Waals surface area contributed by atoms with Crippen LogP contribution in [0.25, 0.3) is 0 Å². The number of nitrogens with two attached hydrogens (primary N) is 5. The number of carboxylic acids is 2. The van der Waals surface area contributed by atoms with Gasteiger partial charge in [0, 0.05) is 32.0 Å². The zero-order valence-electron chi connectivity index (χ0n) is 24.9. The summed E-state index contributed by atoms with van der Waals surface area (Å²) < 4.78 is 13.6. The highest BCUT2D eigenvalue weighted by Crippen LogP contribution is 2.63. The van der Waals surface area contributed by atoms with Crippen molar-refractivity contribution < 1.29 is 34.0 Å². The summed E-state index contributed by atoms with van der Waals surface area (Å²) in [5.41, 5.74) is 26.9. The Balaban J connectivity index is 0.000000619. The Bertz CT molecular complexity index is 1000. The largest absolute Gasteiger partial charge is 0.480 e. The number of guanidine groups is 1. The smallest absolute Gasteiger partial charge is 0.337 e. The molecule has 0 aromatic carbocycles. The molecule has 42 heavy (non-hydrogen) atoms. The summed E-state index contributed by atoms with van der Waals surface area (Å²) in [6, 6.07) is -2.26. The van der Waals surface area contributed by atoms with Gasteiger partial charge in [-0.15, -0.1) is 0 Å². The molecule has 0 aliphatic carbocycles. The third-order valence-electron chi connectivity index (χ3n) is 8.05. The predicted octanol–water partition coefficient (Wildman–Crippen LogP) is -0.308. The van der Waals surface area contributed by atoms with E-state index in [0.29, 0.717) is 58.2 Å². The van der Waals surface area contributed by atoms with E-state index in [1.807, 2.05) is 0 Å². The minimum Gasteiger partial charge on any atom is -0.480 e. The summed E-state index contributed by atoms with van der Waals surface area (Å²) in [5.74, 6) is -2.87. The molecule has 242 valence electrons. The molecule has 2 aliphatic heterocycles. The Kier molecular flexibility index (Phi) is 15.4. The van der Waals surface area contributed by atoms with Crippen molar-refractivity contribution in [3.63, 3.8) is 0 Å². The van der Waals surface area contributed by atoms with Crippen LogP contribution in [0, 0.1) is 0 Å². The van der Waals surface area contributed by atoms with Gasteiger partial charge in [0.05, 0.1) is 6.04 Å². The number of carbonyl (C=O) groups is 4. The van der Waals surface area contributed by atoms with E-state index in [2.05, 4.69) is 4.99 Å². The maximum atomic E-state index is 13.6. The van der Waals surface area contributed by atoms with Crippen molar-refractivity contribution in [2.45, 2.75) is 95.0 Å².